The van der Waals surface area contributed by atoms with Crippen LogP contribution in [0.3, 0.4) is 0 Å². The number of nitrogens with one attached hydrogen (secondary N) is 1. The van der Waals surface area contributed by atoms with E-state index in [1.807, 2.05) is 18.2 Å². The average molecular weight is 562 g/mol. The van der Waals surface area contributed by atoms with Gasteiger partial charge in [0.2, 0.25) is 5.95 Å². The van der Waals surface area contributed by atoms with Crippen LogP contribution in [0.5, 0.6) is 11.8 Å². The van der Waals surface area contributed by atoms with E-state index in [0.717, 1.165) is 10.1 Å². The molecule has 1 unspecified atom stereocenters. The van der Waals surface area contributed by atoms with Crippen LogP contribution in [0.4, 0.5) is 11.6 Å². The van der Waals surface area contributed by atoms with E-state index < -0.39 is 23.3 Å². The predicted octanol–water partition coefficient (Wildman–Crippen LogP) is 4.59. The lowest BCUT2D eigenvalue weighted by Crippen LogP contribution is -2.44. The minimum absolute atomic E-state index is 0.0274. The average Bonchev–Trinajstić information content (AvgIpc) is 3.37. The molecular weight excluding hydrogens is 538 g/mol. The first-order chi connectivity index (χ1) is 19.3. The molecule has 0 radical (unpaired) electrons. The third-order valence-corrected chi connectivity index (χ3v) is 6.31. The molecule has 40 heavy (non-hydrogen) atoms. The van der Waals surface area contributed by atoms with Crippen LogP contribution < -0.4 is 21.4 Å². The summed E-state index contributed by atoms with van der Waals surface area (Å²) in [7, 11) is 1.25. The number of para-hydroxylation sites is 2. The summed E-state index contributed by atoms with van der Waals surface area (Å²) in [5, 5.41) is 3.59. The molecule has 1 atom stereocenters. The van der Waals surface area contributed by atoms with Crippen molar-refractivity contribution in [1.29, 1.82) is 0 Å². The number of carbonyl (C=O) groups is 1. The highest BCUT2D eigenvalue weighted by atomic mass is 35.5. The summed E-state index contributed by atoms with van der Waals surface area (Å²) in [5.74, 6) is -0.776. The number of aromatic nitrogens is 4. The maximum atomic E-state index is 13.5. The molecule has 0 amide bonds. The molecule has 0 aliphatic heterocycles. The van der Waals surface area contributed by atoms with Crippen LogP contribution in [-0.4, -0.2) is 32.2 Å². The Morgan fingerprint density at radius 2 is 1.73 bits per heavy atom. The standard InChI is InChI=1S/C28H24ClN5O6/c1-17(24(35)38-2)15-34-26(36)32-25(33(28(34)37)16-18-7-9-19(29)10-8-18)30-20-11-13-21(14-12-20)39-27-31-22-5-3-4-6-23(22)40-27/h3-14,17H,15-16H2,1-2H3,(H,30,32,36). The lowest BCUT2D eigenvalue weighted by Gasteiger charge is -2.17. The number of fused-ring (bicyclic) bond motifs is 1. The van der Waals surface area contributed by atoms with Gasteiger partial charge in [-0.1, -0.05) is 42.8 Å². The van der Waals surface area contributed by atoms with Crippen molar-refractivity contribution < 1.29 is 18.7 Å². The number of carbonyl (C=O) groups excluding carboxylic acids is 1. The Morgan fingerprint density at radius 3 is 2.42 bits per heavy atom. The zero-order chi connectivity index (χ0) is 28.2. The normalized spacial score (nSPS) is 11.8. The molecule has 0 spiro atoms. The van der Waals surface area contributed by atoms with E-state index in [4.69, 9.17) is 25.5 Å². The fourth-order valence-electron chi connectivity index (χ4n) is 3.98. The fraction of sp³-hybridized carbons (Fsp3) is 0.179. The molecule has 0 aliphatic carbocycles. The number of benzene rings is 3. The molecule has 5 rings (SSSR count). The number of halogens is 1. The SMILES string of the molecule is COC(=O)C(C)Cn1c(=O)nc(Nc2ccc(Oc3nc4ccccc4o3)cc2)n(Cc2ccc(Cl)cc2)c1=O. The minimum Gasteiger partial charge on any atom is -0.469 e. The van der Waals surface area contributed by atoms with E-state index in [1.54, 1.807) is 61.5 Å². The number of esters is 1. The monoisotopic (exact) mass is 561 g/mol. The summed E-state index contributed by atoms with van der Waals surface area (Å²) in [6.07, 6.45) is 0.102. The van der Waals surface area contributed by atoms with Crippen molar-refractivity contribution in [2.24, 2.45) is 5.92 Å². The van der Waals surface area contributed by atoms with E-state index in [0.29, 0.717) is 27.6 Å². The number of ether oxygens (including phenoxy) is 2. The molecule has 0 aliphatic rings. The van der Waals surface area contributed by atoms with E-state index in [1.165, 1.54) is 11.7 Å². The van der Waals surface area contributed by atoms with Gasteiger partial charge >= 0.3 is 23.4 Å². The van der Waals surface area contributed by atoms with Crippen LogP contribution in [0.25, 0.3) is 11.1 Å². The Labute approximate surface area is 232 Å². The molecule has 0 bridgehead atoms. The summed E-state index contributed by atoms with van der Waals surface area (Å²) < 4.78 is 18.3. The smallest absolute Gasteiger partial charge is 0.400 e. The molecule has 0 fully saturated rings. The lowest BCUT2D eigenvalue weighted by molar-refractivity contribution is -0.145. The zero-order valence-corrected chi connectivity index (χ0v) is 22.3. The van der Waals surface area contributed by atoms with Gasteiger partial charge in [0.05, 0.1) is 19.6 Å². The van der Waals surface area contributed by atoms with Gasteiger partial charge in [-0.05, 0) is 54.1 Å². The fourth-order valence-corrected chi connectivity index (χ4v) is 4.10. The number of hydrogen-bond donors (Lipinski definition) is 1. The molecule has 204 valence electrons. The number of oxazole rings is 1. The zero-order valence-electron chi connectivity index (χ0n) is 21.5. The van der Waals surface area contributed by atoms with Gasteiger partial charge in [-0.2, -0.15) is 9.97 Å². The van der Waals surface area contributed by atoms with Crippen LogP contribution in [0.2, 0.25) is 5.02 Å². The van der Waals surface area contributed by atoms with Crippen molar-refractivity contribution in [2.75, 3.05) is 12.4 Å². The molecule has 2 aromatic heterocycles. The summed E-state index contributed by atoms with van der Waals surface area (Å²) in [4.78, 5) is 46.7. The highest BCUT2D eigenvalue weighted by Crippen LogP contribution is 2.26. The Balaban J connectivity index is 1.43. The van der Waals surface area contributed by atoms with E-state index >= 15 is 0 Å². The molecule has 2 heterocycles. The van der Waals surface area contributed by atoms with Crippen LogP contribution in [0.1, 0.15) is 12.5 Å². The van der Waals surface area contributed by atoms with Crippen molar-refractivity contribution in [3.63, 3.8) is 0 Å². The highest BCUT2D eigenvalue weighted by molar-refractivity contribution is 6.30. The molecule has 0 saturated heterocycles. The second-order valence-corrected chi connectivity index (χ2v) is 9.38. The maximum absolute atomic E-state index is 13.5. The summed E-state index contributed by atoms with van der Waals surface area (Å²) >= 11 is 6.01. The second-order valence-electron chi connectivity index (χ2n) is 8.95. The first-order valence-corrected chi connectivity index (χ1v) is 12.6. The van der Waals surface area contributed by atoms with Crippen LogP contribution >= 0.6 is 11.6 Å². The summed E-state index contributed by atoms with van der Waals surface area (Å²) in [5.41, 5.74) is 1.15. The maximum Gasteiger partial charge on any atom is 0.400 e. The van der Waals surface area contributed by atoms with Crippen molar-refractivity contribution >= 4 is 40.3 Å². The molecule has 3 aromatic carbocycles. The third kappa shape index (κ3) is 5.89. The Hall–Kier alpha value is -4.90. The van der Waals surface area contributed by atoms with Gasteiger partial charge in [-0.3, -0.25) is 9.36 Å². The predicted molar refractivity (Wildman–Crippen MR) is 148 cm³/mol. The number of nitrogens with zero attached hydrogens (tertiary/aromatic N) is 4. The summed E-state index contributed by atoms with van der Waals surface area (Å²) in [6, 6.07) is 21.0. The van der Waals surface area contributed by atoms with Gasteiger partial charge in [0, 0.05) is 17.3 Å². The summed E-state index contributed by atoms with van der Waals surface area (Å²) in [6.45, 7) is 1.48. The Bertz CT molecular complexity index is 1740. The molecule has 12 heteroatoms. The van der Waals surface area contributed by atoms with Crippen molar-refractivity contribution in [2.45, 2.75) is 20.0 Å². The first kappa shape index (κ1) is 26.7. The highest BCUT2D eigenvalue weighted by Gasteiger charge is 2.20. The van der Waals surface area contributed by atoms with Crippen molar-refractivity contribution in [1.82, 2.24) is 19.1 Å². The number of rotatable bonds is 9. The molecular formula is C28H24ClN5O6. The van der Waals surface area contributed by atoms with Gasteiger partial charge in [0.15, 0.2) is 5.58 Å². The third-order valence-electron chi connectivity index (χ3n) is 6.05. The second kappa shape index (κ2) is 11.5. The van der Waals surface area contributed by atoms with Crippen LogP contribution in [0.15, 0.2) is 86.8 Å². The topological polar surface area (TPSA) is 130 Å². The number of anilines is 2. The quantitative estimate of drug-likeness (QED) is 0.257. The van der Waals surface area contributed by atoms with Crippen LogP contribution in [0, 0.1) is 5.92 Å². The van der Waals surface area contributed by atoms with E-state index in [-0.39, 0.29) is 25.1 Å². The van der Waals surface area contributed by atoms with E-state index in [2.05, 4.69) is 15.3 Å². The van der Waals surface area contributed by atoms with Crippen LogP contribution in [-0.2, 0) is 22.6 Å². The number of methoxy groups -OCH3 is 1. The molecule has 0 saturated carbocycles. The molecule has 1 N–H and O–H groups in total. The van der Waals surface area contributed by atoms with Gasteiger partial charge in [0.1, 0.15) is 11.3 Å². The van der Waals surface area contributed by atoms with Gasteiger partial charge < -0.3 is 19.2 Å². The Kier molecular flexibility index (Phi) is 7.65. The molecule has 11 nitrogen and oxygen atoms in total. The largest absolute Gasteiger partial charge is 0.469 e. The van der Waals surface area contributed by atoms with Crippen molar-refractivity contribution in [3.05, 3.63) is 104 Å². The van der Waals surface area contributed by atoms with Gasteiger partial charge in [0.25, 0.3) is 0 Å². The first-order valence-electron chi connectivity index (χ1n) is 12.2. The lowest BCUT2D eigenvalue weighted by atomic mass is 10.2. The van der Waals surface area contributed by atoms with Crippen molar-refractivity contribution in [3.8, 4) is 11.8 Å². The number of hydrogen-bond acceptors (Lipinski definition) is 9. The van der Waals surface area contributed by atoms with E-state index in [9.17, 15) is 14.4 Å². The minimum atomic E-state index is -0.800. The van der Waals surface area contributed by atoms with Gasteiger partial charge in [-0.15, -0.1) is 0 Å². The van der Waals surface area contributed by atoms with Gasteiger partial charge in [-0.25, -0.2) is 14.2 Å². The molecule has 5 aromatic rings. The Morgan fingerprint density at radius 1 is 1.00 bits per heavy atom.